The van der Waals surface area contributed by atoms with Crippen molar-refractivity contribution in [3.63, 3.8) is 0 Å². The van der Waals surface area contributed by atoms with Crippen LogP contribution in [0, 0.1) is 0 Å². The lowest BCUT2D eigenvalue weighted by atomic mass is 10.0. The van der Waals surface area contributed by atoms with Crippen LogP contribution in [0.15, 0.2) is 0 Å². The number of likely N-dealkylation sites (tertiary alicyclic amines) is 1. The summed E-state index contributed by atoms with van der Waals surface area (Å²) >= 11 is 1.18. The second-order valence-corrected chi connectivity index (χ2v) is 5.02. The predicted molar refractivity (Wildman–Crippen MR) is 64.6 cm³/mol. The summed E-state index contributed by atoms with van der Waals surface area (Å²) in [5, 5.41) is 8.49. The molecule has 0 unspecified atom stereocenters. The number of rotatable bonds is 5. The molecule has 1 aliphatic rings. The second-order valence-electron chi connectivity index (χ2n) is 4.03. The van der Waals surface area contributed by atoms with E-state index in [-0.39, 0.29) is 11.7 Å². The molecule has 5 heteroatoms. The van der Waals surface area contributed by atoms with Gasteiger partial charge < -0.3 is 10.0 Å². The highest BCUT2D eigenvalue weighted by Gasteiger charge is 2.24. The SMILES string of the molecule is CC[C@@H]1CCCCN1C(=O)CSCC(=O)O. The van der Waals surface area contributed by atoms with Gasteiger partial charge in [-0.2, -0.15) is 0 Å². The predicted octanol–water partition coefficient (Wildman–Crippen LogP) is 1.60. The van der Waals surface area contributed by atoms with Crippen molar-refractivity contribution in [3.8, 4) is 0 Å². The van der Waals surface area contributed by atoms with Gasteiger partial charge in [0.2, 0.25) is 5.91 Å². The Labute approximate surface area is 100 Å². The van der Waals surface area contributed by atoms with E-state index >= 15 is 0 Å². The highest BCUT2D eigenvalue weighted by molar-refractivity contribution is 8.00. The zero-order valence-electron chi connectivity index (χ0n) is 9.65. The molecule has 1 saturated heterocycles. The van der Waals surface area contributed by atoms with Crippen LogP contribution in [0.1, 0.15) is 32.6 Å². The highest BCUT2D eigenvalue weighted by Crippen LogP contribution is 2.20. The molecular weight excluding hydrogens is 226 g/mol. The van der Waals surface area contributed by atoms with Crippen molar-refractivity contribution in [2.24, 2.45) is 0 Å². The third-order valence-corrected chi connectivity index (χ3v) is 3.77. The summed E-state index contributed by atoms with van der Waals surface area (Å²) in [5.41, 5.74) is 0. The van der Waals surface area contributed by atoms with Crippen LogP contribution in [0.25, 0.3) is 0 Å². The van der Waals surface area contributed by atoms with Gasteiger partial charge in [-0.1, -0.05) is 6.92 Å². The number of nitrogens with zero attached hydrogens (tertiary/aromatic N) is 1. The van der Waals surface area contributed by atoms with Gasteiger partial charge >= 0.3 is 5.97 Å². The number of piperidine rings is 1. The zero-order chi connectivity index (χ0) is 12.0. The maximum atomic E-state index is 11.9. The Bertz CT molecular complexity index is 258. The number of hydrogen-bond acceptors (Lipinski definition) is 3. The number of carbonyl (C=O) groups excluding carboxylic acids is 1. The molecule has 16 heavy (non-hydrogen) atoms. The van der Waals surface area contributed by atoms with Crippen LogP contribution in [-0.4, -0.2) is 46.0 Å². The molecule has 1 aliphatic heterocycles. The molecule has 4 nitrogen and oxygen atoms in total. The lowest BCUT2D eigenvalue weighted by Gasteiger charge is -2.35. The Morgan fingerprint density at radius 3 is 2.75 bits per heavy atom. The number of hydrogen-bond donors (Lipinski definition) is 1. The molecule has 0 saturated carbocycles. The lowest BCUT2D eigenvalue weighted by Crippen LogP contribution is -2.44. The van der Waals surface area contributed by atoms with Gasteiger partial charge in [0.15, 0.2) is 0 Å². The smallest absolute Gasteiger partial charge is 0.313 e. The molecule has 92 valence electrons. The van der Waals surface area contributed by atoms with E-state index in [1.54, 1.807) is 0 Å². The Hall–Kier alpha value is -0.710. The Morgan fingerprint density at radius 2 is 2.12 bits per heavy atom. The monoisotopic (exact) mass is 245 g/mol. The Balaban J connectivity index is 2.35. The summed E-state index contributed by atoms with van der Waals surface area (Å²) in [5.74, 6) is -0.458. The quantitative estimate of drug-likeness (QED) is 0.799. The van der Waals surface area contributed by atoms with E-state index in [1.807, 2.05) is 4.90 Å². The molecular formula is C11H19NO3S. The van der Waals surface area contributed by atoms with E-state index in [4.69, 9.17) is 5.11 Å². The first kappa shape index (κ1) is 13.4. The molecule has 0 bridgehead atoms. The van der Waals surface area contributed by atoms with E-state index in [2.05, 4.69) is 6.92 Å². The minimum absolute atomic E-state index is 0.0103. The van der Waals surface area contributed by atoms with E-state index in [0.717, 1.165) is 25.8 Å². The normalized spacial score (nSPS) is 20.8. The molecule has 0 radical (unpaired) electrons. The molecule has 0 aromatic heterocycles. The first-order valence-corrected chi connectivity index (χ1v) is 6.89. The van der Waals surface area contributed by atoms with Crippen molar-refractivity contribution in [2.45, 2.75) is 38.6 Å². The maximum absolute atomic E-state index is 11.9. The van der Waals surface area contributed by atoms with Gasteiger partial charge in [0.1, 0.15) is 0 Å². The standard InChI is InChI=1S/C11H19NO3S/c1-2-9-5-3-4-6-12(9)10(13)7-16-8-11(14)15/h9H,2-8H2,1H3,(H,14,15)/t9-/m1/s1. The van der Waals surface area contributed by atoms with Crippen molar-refractivity contribution < 1.29 is 14.7 Å². The summed E-state index contributed by atoms with van der Waals surface area (Å²) < 4.78 is 0. The number of amides is 1. The van der Waals surface area contributed by atoms with Gasteiger partial charge in [-0.25, -0.2) is 0 Å². The van der Waals surface area contributed by atoms with E-state index in [9.17, 15) is 9.59 Å². The number of carboxylic acid groups (broad SMARTS) is 1. The highest BCUT2D eigenvalue weighted by atomic mass is 32.2. The van der Waals surface area contributed by atoms with Gasteiger partial charge in [-0.15, -0.1) is 11.8 Å². The number of carboxylic acids is 1. The molecule has 1 amide bonds. The van der Waals surface area contributed by atoms with E-state index in [0.29, 0.717) is 11.8 Å². The van der Waals surface area contributed by atoms with Crippen LogP contribution in [0.4, 0.5) is 0 Å². The van der Waals surface area contributed by atoms with E-state index in [1.165, 1.54) is 18.2 Å². The first-order valence-electron chi connectivity index (χ1n) is 5.74. The number of aliphatic carboxylic acids is 1. The number of carbonyl (C=O) groups is 2. The molecule has 0 spiro atoms. The second kappa shape index (κ2) is 6.78. The van der Waals surface area contributed by atoms with E-state index < -0.39 is 5.97 Å². The lowest BCUT2D eigenvalue weighted by molar-refractivity contribution is -0.134. The fourth-order valence-electron chi connectivity index (χ4n) is 2.06. The summed E-state index contributed by atoms with van der Waals surface area (Å²) in [6, 6.07) is 0.367. The summed E-state index contributed by atoms with van der Waals surface area (Å²) in [6.45, 7) is 2.94. The van der Waals surface area contributed by atoms with Crippen LogP contribution >= 0.6 is 11.8 Å². The molecule has 0 aromatic rings. The minimum Gasteiger partial charge on any atom is -0.481 e. The maximum Gasteiger partial charge on any atom is 0.313 e. The van der Waals surface area contributed by atoms with Crippen LogP contribution < -0.4 is 0 Å². The molecule has 1 heterocycles. The molecule has 1 atom stereocenters. The molecule has 0 aliphatic carbocycles. The third-order valence-electron chi connectivity index (χ3n) is 2.87. The van der Waals surface area contributed by atoms with Crippen molar-refractivity contribution in [1.29, 1.82) is 0 Å². The summed E-state index contributed by atoms with van der Waals surface area (Å²) in [7, 11) is 0. The molecule has 1 fully saturated rings. The van der Waals surface area contributed by atoms with Crippen LogP contribution in [0.3, 0.4) is 0 Å². The average Bonchev–Trinajstić information content (AvgIpc) is 2.28. The fraction of sp³-hybridized carbons (Fsp3) is 0.818. The van der Waals surface area contributed by atoms with Gasteiger partial charge in [0.25, 0.3) is 0 Å². The first-order chi connectivity index (χ1) is 7.65. The number of thioether (sulfide) groups is 1. The minimum atomic E-state index is -0.858. The van der Waals surface area contributed by atoms with Crippen LogP contribution in [0.2, 0.25) is 0 Å². The van der Waals surface area contributed by atoms with Crippen molar-refractivity contribution in [3.05, 3.63) is 0 Å². The topological polar surface area (TPSA) is 57.6 Å². The summed E-state index contributed by atoms with van der Waals surface area (Å²) in [4.78, 5) is 24.1. The average molecular weight is 245 g/mol. The van der Waals surface area contributed by atoms with Gasteiger partial charge in [-0.05, 0) is 25.7 Å². The van der Waals surface area contributed by atoms with Crippen LogP contribution in [0.5, 0.6) is 0 Å². The Morgan fingerprint density at radius 1 is 1.38 bits per heavy atom. The fourth-order valence-corrected chi connectivity index (χ4v) is 2.68. The molecule has 1 rings (SSSR count). The van der Waals surface area contributed by atoms with Gasteiger partial charge in [0.05, 0.1) is 11.5 Å². The summed E-state index contributed by atoms with van der Waals surface area (Å²) in [6.07, 6.45) is 4.36. The van der Waals surface area contributed by atoms with Gasteiger partial charge in [0, 0.05) is 12.6 Å². The molecule has 0 aromatic carbocycles. The largest absolute Gasteiger partial charge is 0.481 e. The zero-order valence-corrected chi connectivity index (χ0v) is 10.5. The van der Waals surface area contributed by atoms with Gasteiger partial charge in [-0.3, -0.25) is 9.59 Å². The third kappa shape index (κ3) is 4.04. The Kier molecular flexibility index (Phi) is 5.66. The van der Waals surface area contributed by atoms with Crippen molar-refractivity contribution in [2.75, 3.05) is 18.1 Å². The van der Waals surface area contributed by atoms with Crippen LogP contribution in [-0.2, 0) is 9.59 Å². The van der Waals surface area contributed by atoms with Crippen molar-refractivity contribution >= 4 is 23.6 Å². The van der Waals surface area contributed by atoms with Crippen molar-refractivity contribution in [1.82, 2.24) is 4.90 Å². The molecule has 1 N–H and O–H groups in total.